The number of fused-ring (bicyclic) bond motifs is 5. The molecule has 142 heavy (non-hydrogen) atoms. The number of rotatable bonds is 28. The number of nitriles is 5. The van der Waals surface area contributed by atoms with Crippen LogP contribution in [0, 0.1) is 62.6 Å². The van der Waals surface area contributed by atoms with Gasteiger partial charge in [-0.25, -0.2) is 58.6 Å². The average Bonchev–Trinajstić information content (AvgIpc) is 1.30. The molecule has 1 amide bonds. The Balaban J connectivity index is 0.000000117. The predicted molar refractivity (Wildman–Crippen MR) is 531 cm³/mol. The number of aromatic amines is 5. The summed E-state index contributed by atoms with van der Waals surface area (Å²) < 4.78 is 115. The van der Waals surface area contributed by atoms with Gasteiger partial charge in [0, 0.05) is 219 Å². The Bertz CT molecular complexity index is 8210. The maximum Gasteiger partial charge on any atom is 0.254 e. The molecule has 0 radical (unpaired) electrons. The van der Waals surface area contributed by atoms with Gasteiger partial charge in [0.25, 0.3) is 5.91 Å². The summed E-state index contributed by atoms with van der Waals surface area (Å²) >= 11 is 0. The highest BCUT2D eigenvalue weighted by molar-refractivity contribution is 7.90. The molecule has 0 atom stereocenters. The molecule has 5 aliphatic rings. The molecule has 0 aliphatic carbocycles. The molecule has 5 N–H and O–H groups in total. The highest BCUT2D eigenvalue weighted by Gasteiger charge is 2.55. The average molecular weight is 1980 g/mol. The van der Waals surface area contributed by atoms with Crippen LogP contribution in [0.4, 0.5) is 0 Å². The van der Waals surface area contributed by atoms with Gasteiger partial charge in [-0.2, -0.15) is 69.0 Å². The summed E-state index contributed by atoms with van der Waals surface area (Å²) in [5, 5.41) is 74.2. The van der Waals surface area contributed by atoms with E-state index in [-0.39, 0.29) is 112 Å². The van der Waals surface area contributed by atoms with E-state index in [2.05, 4.69) is 106 Å². The zero-order valence-corrected chi connectivity index (χ0v) is 81.3. The molecule has 20 heterocycles. The quantitative estimate of drug-likeness (QED) is 0.0304. The summed E-state index contributed by atoms with van der Waals surface area (Å²) in [5.74, 6) is 0.432. The van der Waals surface area contributed by atoms with Crippen LogP contribution in [0.15, 0.2) is 250 Å². The van der Waals surface area contributed by atoms with Gasteiger partial charge in [0.1, 0.15) is 55.9 Å². The van der Waals surface area contributed by atoms with Crippen molar-refractivity contribution in [3.8, 4) is 86.0 Å². The van der Waals surface area contributed by atoms with E-state index in [1.165, 1.54) is 17.2 Å². The van der Waals surface area contributed by atoms with Gasteiger partial charge in [0.05, 0.1) is 116 Å². The maximum absolute atomic E-state index is 12.9. The molecule has 5 aliphatic heterocycles. The summed E-state index contributed by atoms with van der Waals surface area (Å²) in [6.07, 6.45) is 39.4. The third-order valence-electron chi connectivity index (χ3n) is 26.6. The number of hydrogen-bond donors (Lipinski definition) is 5. The fraction of sp³-hybridized carbons (Fsp3) is 0.313. The van der Waals surface area contributed by atoms with E-state index in [4.69, 9.17) is 0 Å². The van der Waals surface area contributed by atoms with Crippen LogP contribution < -0.4 is 0 Å². The number of sulfonamides is 4. The van der Waals surface area contributed by atoms with E-state index < -0.39 is 67.8 Å². The standard InChI is InChI=1S/C22H18N6O.C21H18N6O2S.2C19H22N6O2S.C18H20N6O2S/c23-9-8-22(14-27(15-22)21(29)16-4-2-1-3-5-16)28-13-17(12-26-28)18-6-10-24-20-19(18)7-11-25-20;22-9-8-21(14-26(15-21)30(28,29)17-4-2-1-3-5-17)27-13-16(12-25-27)18-6-10-23-20-19(18)7-11-24-20;1-14(2)11-28(26,27)24-12-19(13-24,5-6-20)25-10-15(9-23-25)16-3-7-21-18-17(16)4-8-22-18;1-2-3-10-28(26,27)24-13-19(14-24,6-7-20)25-12-15(11-23-25)16-4-8-21-18-17(16)5-9-22-18;1-2-9-27(25,26)23-12-18(13-23,5-6-19)24-11-14(10-22-24)15-3-7-20-17-16(15)4-8-21-17/h1-7,10-13H,8,14-15H2,(H,24,25);1-7,10-13H,8,14-15H2,(H,23,24);3-4,7-10,14H,5,11-13H2,1-2H3,(H,21,22);4-5,8-9,11-12H,2-3,6,10,13-14H2,1H3,(H,21,22);3-4,7-8,10-11H,2,5,9,12-13H2,1H3,(H,20,21). The third-order valence-corrected chi connectivity index (χ3v) is 34.4. The van der Waals surface area contributed by atoms with Crippen LogP contribution in [0.1, 0.15) is 89.4 Å². The zero-order chi connectivity index (χ0) is 99.4. The van der Waals surface area contributed by atoms with Crippen LogP contribution in [0.2, 0.25) is 0 Å². The number of unbranched alkanes of at least 4 members (excludes halogenated alkanes) is 1. The van der Waals surface area contributed by atoms with Gasteiger partial charge in [-0.05, 0) is 132 Å². The maximum atomic E-state index is 12.9. The lowest BCUT2D eigenvalue weighted by Gasteiger charge is -2.49. The molecule has 17 aromatic rings. The van der Waals surface area contributed by atoms with Gasteiger partial charge in [0.15, 0.2) is 0 Å². The predicted octanol–water partition coefficient (Wildman–Crippen LogP) is 12.8. The van der Waals surface area contributed by atoms with E-state index in [1.807, 2.05) is 192 Å². The molecule has 5 fully saturated rings. The summed E-state index contributed by atoms with van der Waals surface area (Å²) in [5.41, 5.74) is 11.2. The van der Waals surface area contributed by atoms with Crippen LogP contribution in [0.25, 0.3) is 111 Å². The van der Waals surface area contributed by atoms with Gasteiger partial charge in [-0.15, -0.1) is 0 Å². The Hall–Kier alpha value is -15.5. The summed E-state index contributed by atoms with van der Waals surface area (Å²) in [7, 11) is -13.5. The number of benzene rings is 2. The third kappa shape index (κ3) is 18.8. The number of likely N-dealkylation sites (tertiary alicyclic amines) is 1. The van der Waals surface area contributed by atoms with Crippen molar-refractivity contribution < 1.29 is 38.5 Å². The number of amides is 1. The highest BCUT2D eigenvalue weighted by atomic mass is 32.2. The molecule has 2 aromatic carbocycles. The SMILES string of the molecule is CC(C)CS(=O)(=O)N1CC(CC#N)(n2cc(-c3ccnc4[nH]ccc34)cn2)C1.CCCCS(=O)(=O)N1CC(CC#N)(n2cc(-c3ccnc4[nH]ccc34)cn2)C1.CCCS(=O)(=O)N1CC(CC#N)(n2cc(-c3ccnc4[nH]ccc34)cn2)C1.N#CCC1(n2cc(-c3ccnc4[nH]ccc34)cn2)CN(C(=O)c2ccccc2)C1.N#CCC1(n2cc(-c3ccnc4[nH]ccc34)cn2)CN(S(=O)(=O)c2ccccc2)C1. The molecule has 39 nitrogen and oxygen atoms in total. The zero-order valence-electron chi connectivity index (χ0n) is 78.0. The van der Waals surface area contributed by atoms with Gasteiger partial charge >= 0.3 is 0 Å². The van der Waals surface area contributed by atoms with E-state index in [0.29, 0.717) is 37.9 Å². The van der Waals surface area contributed by atoms with Crippen molar-refractivity contribution in [1.82, 2.24) is 121 Å². The minimum absolute atomic E-state index is 0.0188. The number of hydrogen-bond acceptors (Lipinski definition) is 24. The minimum atomic E-state index is -3.60. The normalized spacial score (nSPS) is 16.4. The molecule has 43 heteroatoms. The molecular weight excluding hydrogens is 1880 g/mol. The van der Waals surface area contributed by atoms with E-state index in [0.717, 1.165) is 117 Å². The Kier molecular flexibility index (Phi) is 27.0. The summed E-state index contributed by atoms with van der Waals surface area (Å²) in [4.78, 5) is 51.7. The Labute approximate surface area is 818 Å². The van der Waals surface area contributed by atoms with E-state index >= 15 is 0 Å². The van der Waals surface area contributed by atoms with Gasteiger partial charge < -0.3 is 29.8 Å². The van der Waals surface area contributed by atoms with Crippen molar-refractivity contribution >= 4 is 101 Å². The molecule has 0 saturated carbocycles. The second kappa shape index (κ2) is 39.6. The summed E-state index contributed by atoms with van der Waals surface area (Å²) in [6, 6.07) is 48.1. The first-order valence-corrected chi connectivity index (χ1v) is 52.4. The monoisotopic (exact) mass is 1980 g/mol. The highest BCUT2D eigenvalue weighted by Crippen LogP contribution is 2.44. The molecule has 5 saturated heterocycles. The van der Waals surface area contributed by atoms with Crippen LogP contribution >= 0.6 is 0 Å². The number of nitrogens with one attached hydrogen (secondary N) is 5. The molecule has 0 unspecified atom stereocenters. The first kappa shape index (κ1) is 96.8. The Morgan fingerprint density at radius 2 is 0.627 bits per heavy atom. The van der Waals surface area contributed by atoms with Gasteiger partial charge in [-0.1, -0.05) is 70.5 Å². The summed E-state index contributed by atoms with van der Waals surface area (Å²) in [6.45, 7) is 10.6. The van der Waals surface area contributed by atoms with Gasteiger partial charge in [0.2, 0.25) is 40.1 Å². The number of carbonyl (C=O) groups is 1. The van der Waals surface area contributed by atoms with Crippen molar-refractivity contribution in [2.75, 3.05) is 82.7 Å². The fourth-order valence-corrected chi connectivity index (χ4v) is 26.0. The van der Waals surface area contributed by atoms with Crippen LogP contribution in [0.3, 0.4) is 0 Å². The first-order chi connectivity index (χ1) is 68.6. The second-order valence-electron chi connectivity index (χ2n) is 36.7. The van der Waals surface area contributed by atoms with Crippen molar-refractivity contribution in [3.63, 3.8) is 0 Å². The molecule has 0 spiro atoms. The number of carbonyl (C=O) groups excluding carboxylic acids is 1. The molecule has 0 bridgehead atoms. The van der Waals surface area contributed by atoms with Crippen LogP contribution in [0.5, 0.6) is 0 Å². The Morgan fingerprint density at radius 3 is 0.908 bits per heavy atom. The first-order valence-electron chi connectivity index (χ1n) is 46.1. The van der Waals surface area contributed by atoms with Crippen LogP contribution in [-0.4, -0.2) is 243 Å². The lowest BCUT2D eigenvalue weighted by atomic mass is 9.86. The number of H-pyrrole nitrogens is 5. The molecule has 724 valence electrons. The lowest BCUT2D eigenvalue weighted by Crippen LogP contribution is -2.64. The second-order valence-corrected chi connectivity index (χ2v) is 44.9. The lowest BCUT2D eigenvalue weighted by molar-refractivity contribution is 0.00858. The number of aromatic nitrogens is 20. The fourth-order valence-electron chi connectivity index (χ4n) is 19.0. The molecule has 22 rings (SSSR count). The molecular formula is C99H100N30O9S4. The van der Waals surface area contributed by atoms with Crippen LogP contribution in [-0.2, 0) is 67.8 Å². The van der Waals surface area contributed by atoms with E-state index in [1.54, 1.807) is 110 Å². The van der Waals surface area contributed by atoms with E-state index in [9.17, 15) is 64.8 Å². The number of nitrogens with zero attached hydrogens (tertiary/aromatic N) is 25. The van der Waals surface area contributed by atoms with Crippen molar-refractivity contribution in [1.29, 1.82) is 26.3 Å². The van der Waals surface area contributed by atoms with Crippen molar-refractivity contribution in [2.24, 2.45) is 5.92 Å². The van der Waals surface area contributed by atoms with Crippen molar-refractivity contribution in [3.05, 3.63) is 251 Å². The smallest absolute Gasteiger partial charge is 0.254 e. The minimum Gasteiger partial charge on any atom is -0.346 e. The number of pyridine rings is 5. The molecule has 15 aromatic heterocycles. The largest absolute Gasteiger partial charge is 0.346 e. The topological polar surface area (TPSA) is 521 Å². The van der Waals surface area contributed by atoms with Crippen molar-refractivity contribution in [2.45, 2.75) is 112 Å². The Morgan fingerprint density at radius 1 is 0.352 bits per heavy atom. The van der Waals surface area contributed by atoms with Gasteiger partial charge in [-0.3, -0.25) is 28.2 Å².